The van der Waals surface area contributed by atoms with Crippen molar-refractivity contribution < 1.29 is 2.74 Å². The molecule has 420 valence electrons. The summed E-state index contributed by atoms with van der Waals surface area (Å²) in [5.74, 6) is -1.06. The van der Waals surface area contributed by atoms with Crippen molar-refractivity contribution in [1.29, 1.82) is 0 Å². The number of aryl methyl sites for hydroxylation is 6. The Morgan fingerprint density at radius 1 is 0.237 bits per heavy atom. The number of rotatable bonds is 2. The zero-order chi connectivity index (χ0) is 61.0. The molecule has 0 N–H and O–H groups in total. The molecule has 0 aliphatic heterocycles. The minimum Gasteiger partial charge on any atom is -0.0620 e. The summed E-state index contributed by atoms with van der Waals surface area (Å²) >= 11 is 0. The van der Waals surface area contributed by atoms with Crippen molar-refractivity contribution in [3.05, 3.63) is 211 Å². The van der Waals surface area contributed by atoms with E-state index >= 15 is 0 Å². The van der Waals surface area contributed by atoms with Crippen molar-refractivity contribution in [1.82, 2.24) is 0 Å². The quantitative estimate of drug-likeness (QED) is 0.162. The van der Waals surface area contributed by atoms with Crippen LogP contribution in [0.4, 0.5) is 0 Å². The summed E-state index contributed by atoms with van der Waals surface area (Å²) < 4.78 is 16.5. The smallest absolute Gasteiger partial charge is 0.0347 e. The highest BCUT2D eigenvalue weighted by molar-refractivity contribution is 5.45. The molecular formula is C76H116. The summed E-state index contributed by atoms with van der Waals surface area (Å²) in [5.41, 5.74) is 22.0. The van der Waals surface area contributed by atoms with Gasteiger partial charge in [0.25, 0.3) is 0 Å². The van der Waals surface area contributed by atoms with Gasteiger partial charge in [-0.05, 0) is 175 Å². The van der Waals surface area contributed by atoms with Gasteiger partial charge in [0, 0.05) is 2.74 Å². The predicted molar refractivity (Wildman–Crippen MR) is 346 cm³/mol. The van der Waals surface area contributed by atoms with E-state index in [0.717, 1.165) is 11.1 Å². The minimum atomic E-state index is -0.552. The van der Waals surface area contributed by atoms with Crippen LogP contribution in [0.5, 0.6) is 0 Å². The Kier molecular flexibility index (Phi) is 24.4. The summed E-state index contributed by atoms with van der Waals surface area (Å²) in [6, 6.07) is 44.8. The number of hydrogen-bond donors (Lipinski definition) is 0. The second-order valence-electron chi connectivity index (χ2n) is 29.2. The molecule has 0 spiro atoms. The molecule has 0 heteroatoms. The molecule has 0 heterocycles. The van der Waals surface area contributed by atoms with E-state index in [1.54, 1.807) is 0 Å². The van der Waals surface area contributed by atoms with Gasteiger partial charge in [0.05, 0.1) is 0 Å². The summed E-state index contributed by atoms with van der Waals surface area (Å²) in [7, 11) is 0. The first kappa shape index (κ1) is 65.6. The largest absolute Gasteiger partial charge is 0.0620 e. The van der Waals surface area contributed by atoms with Gasteiger partial charge in [0.2, 0.25) is 0 Å². The molecule has 0 saturated heterocycles. The van der Waals surface area contributed by atoms with Gasteiger partial charge in [-0.25, -0.2) is 0 Å². The lowest BCUT2D eigenvalue weighted by atomic mass is 9.71. The van der Waals surface area contributed by atoms with E-state index in [0.29, 0.717) is 0 Å². The topological polar surface area (TPSA) is 0 Å². The lowest BCUT2D eigenvalue weighted by Gasteiger charge is -2.33. The molecule has 6 aromatic rings. The minimum absolute atomic E-state index is 0.0670. The van der Waals surface area contributed by atoms with Gasteiger partial charge in [-0.1, -0.05) is 300 Å². The Morgan fingerprint density at radius 2 is 0.461 bits per heavy atom. The highest BCUT2D eigenvalue weighted by Crippen LogP contribution is 2.39. The summed E-state index contributed by atoms with van der Waals surface area (Å²) in [6.07, 6.45) is 0. The fraction of sp³-hybridized carbons (Fsp3) is 0.526. The predicted octanol–water partition coefficient (Wildman–Crippen LogP) is 23.3. The van der Waals surface area contributed by atoms with Crippen LogP contribution in [0.25, 0.3) is 0 Å². The van der Waals surface area contributed by atoms with Crippen LogP contribution in [-0.2, 0) is 37.9 Å². The van der Waals surface area contributed by atoms with Crippen LogP contribution < -0.4 is 0 Å². The van der Waals surface area contributed by atoms with Crippen LogP contribution in [-0.4, -0.2) is 0 Å². The van der Waals surface area contributed by atoms with Crippen LogP contribution >= 0.6 is 0 Å². The molecular weight excluding hydrogens is 913 g/mol. The first-order valence-corrected chi connectivity index (χ1v) is 28.5. The highest BCUT2D eigenvalue weighted by atomic mass is 14.3. The van der Waals surface area contributed by atoms with E-state index in [1.165, 1.54) is 72.3 Å². The van der Waals surface area contributed by atoms with E-state index in [2.05, 4.69) is 308 Å². The molecule has 6 aromatic carbocycles. The lowest BCUT2D eigenvalue weighted by Crippen LogP contribution is -2.24. The van der Waals surface area contributed by atoms with Gasteiger partial charge in [0.1, 0.15) is 0 Å². The standard InChI is InChI=1S/C17H28.C13H20.2C12H18.2C11H16/c1-12(2)13-10-9-11-14(16(3,4)5)15(13)17(6,7)8;1-10(2)11-8-6-7-9-12(11)13(3,4)5;2*1-9-7-6-8-10(2)11(9)12(3,4)5;2*1-9-7-5-6-8-10(9)11(2,3)4/h9-12H,1-8H3;6-10H,1-5H3;2*6-8H,1-5H3;2*5-8H,1-4H3/i12D;10D;;;;. The van der Waals surface area contributed by atoms with Crippen molar-refractivity contribution in [3.8, 4) is 0 Å². The van der Waals surface area contributed by atoms with Crippen LogP contribution in [0.15, 0.2) is 127 Å². The third-order valence-electron chi connectivity index (χ3n) is 13.8. The molecule has 0 unspecified atom stereocenters. The molecule has 0 amide bonds. The summed E-state index contributed by atoms with van der Waals surface area (Å²) in [4.78, 5) is 0. The third kappa shape index (κ3) is 22.4. The normalized spacial score (nSPS) is 12.8. The first-order valence-electron chi connectivity index (χ1n) is 29.5. The summed E-state index contributed by atoms with van der Waals surface area (Å²) in [6.45, 7) is 68.0. The van der Waals surface area contributed by atoms with Crippen molar-refractivity contribution in [2.24, 2.45) is 0 Å². The molecule has 0 nitrogen and oxygen atoms in total. The van der Waals surface area contributed by atoms with Crippen molar-refractivity contribution in [3.63, 3.8) is 0 Å². The molecule has 6 rings (SSSR count). The molecule has 0 atom stereocenters. The number of benzene rings is 6. The Balaban J connectivity index is 0.000000472. The second kappa shape index (κ2) is 28.3. The van der Waals surface area contributed by atoms with E-state index in [4.69, 9.17) is 2.74 Å². The molecule has 76 heavy (non-hydrogen) atoms. The molecule has 0 aliphatic carbocycles. The van der Waals surface area contributed by atoms with Gasteiger partial charge in [-0.15, -0.1) is 0 Å². The average molecular weight is 1030 g/mol. The maximum atomic E-state index is 8.39. The van der Waals surface area contributed by atoms with Gasteiger partial charge in [0.15, 0.2) is 0 Å². The van der Waals surface area contributed by atoms with Gasteiger partial charge >= 0.3 is 0 Å². The van der Waals surface area contributed by atoms with Crippen LogP contribution in [0, 0.1) is 41.5 Å². The lowest BCUT2D eigenvalue weighted by molar-refractivity contribution is 0.521. The van der Waals surface area contributed by atoms with Crippen molar-refractivity contribution in [2.75, 3.05) is 0 Å². The highest BCUT2D eigenvalue weighted by Gasteiger charge is 2.28. The molecule has 0 aromatic heterocycles. The van der Waals surface area contributed by atoms with E-state index < -0.39 is 11.8 Å². The zero-order valence-electron chi connectivity index (χ0n) is 57.1. The Morgan fingerprint density at radius 3 is 0.684 bits per heavy atom. The molecule has 0 saturated carbocycles. The monoisotopic (exact) mass is 1030 g/mol. The van der Waals surface area contributed by atoms with Gasteiger partial charge < -0.3 is 0 Å². The Labute approximate surface area is 475 Å². The van der Waals surface area contributed by atoms with E-state index in [-0.39, 0.29) is 37.9 Å². The molecule has 0 radical (unpaired) electrons. The molecule has 0 bridgehead atoms. The third-order valence-corrected chi connectivity index (χ3v) is 13.8. The Hall–Kier alpha value is -4.68. The van der Waals surface area contributed by atoms with Crippen LogP contribution in [0.3, 0.4) is 0 Å². The fourth-order valence-corrected chi connectivity index (χ4v) is 10.8. The van der Waals surface area contributed by atoms with Crippen LogP contribution in [0.2, 0.25) is 0 Å². The fourth-order valence-electron chi connectivity index (χ4n) is 10.8. The van der Waals surface area contributed by atoms with E-state index in [9.17, 15) is 0 Å². The van der Waals surface area contributed by atoms with Gasteiger partial charge in [-0.2, -0.15) is 0 Å². The Bertz CT molecular complexity index is 2540. The molecule has 0 aliphatic rings. The first-order chi connectivity index (χ1) is 35.0. The van der Waals surface area contributed by atoms with Crippen molar-refractivity contribution in [2.45, 2.75) is 264 Å². The zero-order valence-corrected chi connectivity index (χ0v) is 55.1. The average Bonchev–Trinajstić information content (AvgIpc) is 3.24. The SMILES string of the molecule is Cc1cccc(C)c1C(C)(C)C.Cc1cccc(C)c1C(C)(C)C.Cc1ccccc1C(C)(C)C.Cc1ccccc1C(C)(C)C.[2H]C(C)(C)c1cccc(C(C)(C)C)c1C(C)(C)C.[2H]C(C)(C)c1ccccc1C(C)(C)C. The van der Waals surface area contributed by atoms with Crippen LogP contribution in [0.1, 0.15) is 271 Å². The number of hydrogen-bond acceptors (Lipinski definition) is 0. The summed E-state index contributed by atoms with van der Waals surface area (Å²) in [5, 5.41) is 0. The maximum absolute atomic E-state index is 8.39. The second-order valence-corrected chi connectivity index (χ2v) is 29.2. The van der Waals surface area contributed by atoms with Gasteiger partial charge in [-0.3, -0.25) is 0 Å². The van der Waals surface area contributed by atoms with E-state index in [1.807, 2.05) is 33.8 Å². The van der Waals surface area contributed by atoms with Crippen molar-refractivity contribution >= 4 is 0 Å². The maximum Gasteiger partial charge on any atom is 0.0347 e. The molecule has 0 fully saturated rings.